The summed E-state index contributed by atoms with van der Waals surface area (Å²) >= 11 is 4.55. The minimum Gasteiger partial charge on any atom is -0.198 e. The van der Waals surface area contributed by atoms with E-state index in [1.54, 1.807) is 6.20 Å². The molecule has 18 heavy (non-hydrogen) atoms. The predicted octanol–water partition coefficient (Wildman–Crippen LogP) is 4.70. The summed E-state index contributed by atoms with van der Waals surface area (Å²) in [5.74, 6) is 0. The van der Waals surface area contributed by atoms with Gasteiger partial charge in [0.05, 0.1) is 11.9 Å². The highest BCUT2D eigenvalue weighted by atomic mass is 32.1. The highest BCUT2D eigenvalue weighted by Crippen LogP contribution is 2.23. The molecule has 4 heteroatoms. The van der Waals surface area contributed by atoms with Crippen molar-refractivity contribution in [3.05, 3.63) is 11.9 Å². The molecule has 0 amide bonds. The van der Waals surface area contributed by atoms with E-state index < -0.39 is 0 Å². The largest absolute Gasteiger partial charge is 0.198 e. The third-order valence-corrected chi connectivity index (χ3v) is 3.88. The molecule has 0 saturated heterocycles. The molecule has 1 atom stereocenters. The summed E-state index contributed by atoms with van der Waals surface area (Å²) in [6.45, 7) is 2.27. The zero-order valence-electron chi connectivity index (χ0n) is 11.6. The Balaban J connectivity index is 1.87. The van der Waals surface area contributed by atoms with Gasteiger partial charge in [-0.25, -0.2) is 0 Å². The lowest BCUT2D eigenvalue weighted by Crippen LogP contribution is -1.91. The number of aromatic amines is 1. The summed E-state index contributed by atoms with van der Waals surface area (Å²) in [5, 5.41) is 10.8. The summed E-state index contributed by atoms with van der Waals surface area (Å²) in [4.78, 5) is 0. The molecule has 0 aliphatic heterocycles. The van der Waals surface area contributed by atoms with Crippen LogP contribution in [0.4, 0.5) is 0 Å². The fourth-order valence-electron chi connectivity index (χ4n) is 2.17. The SMILES string of the molecule is CCCCCCCCCCCC(S)c1cn[nH]n1. The fourth-order valence-corrected chi connectivity index (χ4v) is 2.47. The Hall–Kier alpha value is -0.510. The lowest BCUT2D eigenvalue weighted by molar-refractivity contribution is 0.554. The number of nitrogens with zero attached hydrogens (tertiary/aromatic N) is 2. The van der Waals surface area contributed by atoms with Crippen LogP contribution in [0.25, 0.3) is 0 Å². The maximum atomic E-state index is 4.55. The Bertz CT molecular complexity index is 275. The average Bonchev–Trinajstić information content (AvgIpc) is 2.90. The van der Waals surface area contributed by atoms with E-state index in [9.17, 15) is 0 Å². The molecule has 1 heterocycles. The quantitative estimate of drug-likeness (QED) is 0.452. The molecule has 104 valence electrons. The van der Waals surface area contributed by atoms with Gasteiger partial charge in [-0.15, -0.1) is 0 Å². The van der Waals surface area contributed by atoms with Crippen molar-refractivity contribution in [1.29, 1.82) is 0 Å². The van der Waals surface area contributed by atoms with Crippen molar-refractivity contribution in [1.82, 2.24) is 15.4 Å². The van der Waals surface area contributed by atoms with Crippen LogP contribution in [0.3, 0.4) is 0 Å². The van der Waals surface area contributed by atoms with E-state index in [0.717, 1.165) is 12.1 Å². The Morgan fingerprint density at radius 2 is 1.67 bits per heavy atom. The lowest BCUT2D eigenvalue weighted by Gasteiger charge is -2.06. The number of thiol groups is 1. The van der Waals surface area contributed by atoms with Crippen molar-refractivity contribution >= 4 is 12.6 Å². The monoisotopic (exact) mass is 269 g/mol. The number of hydrogen-bond donors (Lipinski definition) is 2. The third-order valence-electron chi connectivity index (χ3n) is 3.36. The van der Waals surface area contributed by atoms with Gasteiger partial charge in [-0.1, -0.05) is 64.7 Å². The van der Waals surface area contributed by atoms with Crippen molar-refractivity contribution in [3.63, 3.8) is 0 Å². The van der Waals surface area contributed by atoms with Crippen molar-refractivity contribution in [3.8, 4) is 0 Å². The van der Waals surface area contributed by atoms with Crippen LogP contribution in [0.1, 0.15) is 82.1 Å². The van der Waals surface area contributed by atoms with Gasteiger partial charge in [0.2, 0.25) is 0 Å². The molecule has 0 bridgehead atoms. The van der Waals surface area contributed by atoms with Crippen LogP contribution in [0, 0.1) is 0 Å². The van der Waals surface area contributed by atoms with E-state index in [-0.39, 0.29) is 5.25 Å². The summed E-state index contributed by atoms with van der Waals surface area (Å²) in [6, 6.07) is 0. The maximum absolute atomic E-state index is 4.55. The molecule has 0 radical (unpaired) electrons. The second-order valence-corrected chi connectivity index (χ2v) is 5.65. The normalized spacial score (nSPS) is 12.8. The summed E-state index contributed by atoms with van der Waals surface area (Å²) in [6.07, 6.45) is 15.2. The number of H-pyrrole nitrogens is 1. The van der Waals surface area contributed by atoms with Crippen LogP contribution >= 0.6 is 12.6 Å². The summed E-state index contributed by atoms with van der Waals surface area (Å²) in [5.41, 5.74) is 0.970. The number of rotatable bonds is 11. The summed E-state index contributed by atoms with van der Waals surface area (Å²) < 4.78 is 0. The van der Waals surface area contributed by atoms with Gasteiger partial charge in [0.25, 0.3) is 0 Å². The topological polar surface area (TPSA) is 41.6 Å². The smallest absolute Gasteiger partial charge is 0.0951 e. The highest BCUT2D eigenvalue weighted by Gasteiger charge is 2.08. The molecule has 3 nitrogen and oxygen atoms in total. The van der Waals surface area contributed by atoms with Crippen molar-refractivity contribution in [2.24, 2.45) is 0 Å². The second kappa shape index (κ2) is 10.4. The first-order valence-electron chi connectivity index (χ1n) is 7.38. The van der Waals surface area contributed by atoms with Gasteiger partial charge in [0.15, 0.2) is 0 Å². The van der Waals surface area contributed by atoms with E-state index in [1.807, 2.05) is 0 Å². The van der Waals surface area contributed by atoms with Crippen LogP contribution < -0.4 is 0 Å². The van der Waals surface area contributed by atoms with Crippen LogP contribution in [0.2, 0.25) is 0 Å². The summed E-state index contributed by atoms with van der Waals surface area (Å²) in [7, 11) is 0. The molecular weight excluding hydrogens is 242 g/mol. The van der Waals surface area contributed by atoms with E-state index in [2.05, 4.69) is 35.0 Å². The minimum absolute atomic E-state index is 0.244. The Morgan fingerprint density at radius 1 is 1.06 bits per heavy atom. The highest BCUT2D eigenvalue weighted by molar-refractivity contribution is 7.80. The minimum atomic E-state index is 0.244. The molecule has 1 N–H and O–H groups in total. The maximum Gasteiger partial charge on any atom is 0.0951 e. The average molecular weight is 269 g/mol. The van der Waals surface area contributed by atoms with E-state index in [0.29, 0.717) is 0 Å². The Kier molecular flexibility index (Phi) is 9.00. The molecule has 0 aliphatic rings. The molecule has 1 aromatic rings. The predicted molar refractivity (Wildman–Crippen MR) is 80.0 cm³/mol. The molecule has 1 rings (SSSR count). The number of aromatic nitrogens is 3. The molecule has 0 aromatic carbocycles. The number of nitrogens with one attached hydrogen (secondary N) is 1. The van der Waals surface area contributed by atoms with Crippen LogP contribution in [0.5, 0.6) is 0 Å². The van der Waals surface area contributed by atoms with Crippen LogP contribution in [-0.4, -0.2) is 15.4 Å². The Labute approximate surface area is 117 Å². The first-order chi connectivity index (χ1) is 8.84. The van der Waals surface area contributed by atoms with Crippen LogP contribution in [-0.2, 0) is 0 Å². The van der Waals surface area contributed by atoms with Crippen molar-refractivity contribution in [2.45, 2.75) is 76.4 Å². The fraction of sp³-hybridized carbons (Fsp3) is 0.857. The van der Waals surface area contributed by atoms with Gasteiger partial charge in [-0.05, 0) is 6.42 Å². The molecular formula is C14H27N3S. The second-order valence-electron chi connectivity index (χ2n) is 5.03. The van der Waals surface area contributed by atoms with Gasteiger partial charge in [0, 0.05) is 5.25 Å². The lowest BCUT2D eigenvalue weighted by atomic mass is 10.1. The third kappa shape index (κ3) is 7.04. The van der Waals surface area contributed by atoms with Crippen molar-refractivity contribution in [2.75, 3.05) is 0 Å². The van der Waals surface area contributed by atoms with Crippen molar-refractivity contribution < 1.29 is 0 Å². The standard InChI is InChI=1S/C14H27N3S/c1-2-3-4-5-6-7-8-9-10-11-14(18)13-12-15-17-16-13/h12,14,18H,2-11H2,1H3,(H,15,16,17). The van der Waals surface area contributed by atoms with E-state index in [4.69, 9.17) is 0 Å². The molecule has 0 spiro atoms. The molecule has 1 unspecified atom stereocenters. The van der Waals surface area contributed by atoms with Gasteiger partial charge in [0.1, 0.15) is 0 Å². The van der Waals surface area contributed by atoms with E-state index >= 15 is 0 Å². The zero-order valence-corrected chi connectivity index (χ0v) is 12.5. The van der Waals surface area contributed by atoms with Gasteiger partial charge in [-0.2, -0.15) is 28.0 Å². The number of hydrogen-bond acceptors (Lipinski definition) is 3. The first kappa shape index (κ1) is 15.5. The van der Waals surface area contributed by atoms with Gasteiger partial charge in [-0.3, -0.25) is 0 Å². The molecule has 0 saturated carbocycles. The first-order valence-corrected chi connectivity index (χ1v) is 7.90. The van der Waals surface area contributed by atoms with E-state index in [1.165, 1.54) is 57.8 Å². The van der Waals surface area contributed by atoms with Gasteiger partial charge < -0.3 is 0 Å². The molecule has 0 aliphatic carbocycles. The Morgan fingerprint density at radius 3 is 2.22 bits per heavy atom. The molecule has 0 fully saturated rings. The zero-order chi connectivity index (χ0) is 13.1. The number of unbranched alkanes of at least 4 members (excludes halogenated alkanes) is 8. The van der Waals surface area contributed by atoms with Gasteiger partial charge >= 0.3 is 0 Å². The van der Waals surface area contributed by atoms with Crippen LogP contribution in [0.15, 0.2) is 6.20 Å². The molecule has 1 aromatic heterocycles.